The van der Waals surface area contributed by atoms with Gasteiger partial charge in [0.1, 0.15) is 18.0 Å². The van der Waals surface area contributed by atoms with Gasteiger partial charge in [0.05, 0.1) is 12.5 Å². The molecule has 1 amide bonds. The minimum Gasteiger partial charge on any atom is -0.494 e. The zero-order valence-electron chi connectivity index (χ0n) is 22.2. The summed E-state index contributed by atoms with van der Waals surface area (Å²) in [6.07, 6.45) is 5.01. The normalized spacial score (nSPS) is 24.1. The number of aldehydes is 1. The molecule has 37 heavy (non-hydrogen) atoms. The molecule has 9 heteroatoms. The zero-order valence-corrected chi connectivity index (χ0v) is 22.2. The van der Waals surface area contributed by atoms with Gasteiger partial charge in [-0.25, -0.2) is 9.97 Å². The summed E-state index contributed by atoms with van der Waals surface area (Å²) in [6, 6.07) is 9.81. The van der Waals surface area contributed by atoms with Crippen molar-refractivity contribution in [3.05, 3.63) is 48.3 Å². The van der Waals surface area contributed by atoms with Crippen LogP contribution in [-0.4, -0.2) is 77.3 Å². The van der Waals surface area contributed by atoms with E-state index < -0.39 is 23.9 Å². The maximum atomic E-state index is 14.0. The Morgan fingerprint density at radius 2 is 1.92 bits per heavy atom. The molecule has 0 N–H and O–H groups in total. The van der Waals surface area contributed by atoms with Gasteiger partial charge in [0.15, 0.2) is 12.1 Å². The number of hydrogen-bond acceptors (Lipinski definition) is 8. The fraction of sp³-hybridized carbons (Fsp3) is 0.571. The van der Waals surface area contributed by atoms with Crippen LogP contribution in [0.15, 0.2) is 42.7 Å². The van der Waals surface area contributed by atoms with E-state index in [0.717, 1.165) is 24.9 Å². The van der Waals surface area contributed by atoms with Crippen molar-refractivity contribution in [2.45, 2.75) is 71.0 Å². The molecule has 0 bridgehead atoms. The Balaban J connectivity index is 1.46. The van der Waals surface area contributed by atoms with Crippen molar-refractivity contribution in [2.75, 3.05) is 31.1 Å². The van der Waals surface area contributed by atoms with Crippen molar-refractivity contribution in [3.8, 4) is 5.75 Å². The van der Waals surface area contributed by atoms with E-state index in [0.29, 0.717) is 38.6 Å². The zero-order chi connectivity index (χ0) is 26.4. The van der Waals surface area contributed by atoms with Crippen LogP contribution in [0, 0.1) is 5.92 Å². The lowest BCUT2D eigenvalue weighted by Crippen LogP contribution is -2.57. The number of aromatic nitrogens is 2. The Morgan fingerprint density at radius 3 is 2.57 bits per heavy atom. The van der Waals surface area contributed by atoms with Crippen LogP contribution >= 0.6 is 0 Å². The Labute approximate surface area is 219 Å². The highest BCUT2D eigenvalue weighted by atomic mass is 16.8. The van der Waals surface area contributed by atoms with E-state index in [1.165, 1.54) is 5.56 Å². The van der Waals surface area contributed by atoms with Crippen LogP contribution in [-0.2, 0) is 25.5 Å². The molecule has 3 heterocycles. The van der Waals surface area contributed by atoms with Crippen LogP contribution in [0.5, 0.6) is 5.75 Å². The average Bonchev–Trinajstić information content (AvgIpc) is 3.22. The summed E-state index contributed by atoms with van der Waals surface area (Å²) in [5.74, 6) is 0.121. The van der Waals surface area contributed by atoms with Gasteiger partial charge in [-0.15, -0.1) is 0 Å². The van der Waals surface area contributed by atoms with Gasteiger partial charge in [-0.2, -0.15) is 0 Å². The van der Waals surface area contributed by atoms with Crippen molar-refractivity contribution in [2.24, 2.45) is 5.92 Å². The van der Waals surface area contributed by atoms with Gasteiger partial charge in [-0.3, -0.25) is 4.79 Å². The van der Waals surface area contributed by atoms with Crippen LogP contribution in [0.25, 0.3) is 0 Å². The smallest absolute Gasteiger partial charge is 0.228 e. The molecule has 2 aliphatic heterocycles. The maximum Gasteiger partial charge on any atom is 0.228 e. The predicted octanol–water partition coefficient (Wildman–Crippen LogP) is 3.27. The Kier molecular flexibility index (Phi) is 8.76. The fourth-order valence-corrected chi connectivity index (χ4v) is 5.24. The van der Waals surface area contributed by atoms with Crippen molar-refractivity contribution < 1.29 is 23.8 Å². The number of piperazine rings is 1. The monoisotopic (exact) mass is 510 g/mol. The Hall–Kier alpha value is -3.04. The van der Waals surface area contributed by atoms with E-state index in [4.69, 9.17) is 14.2 Å². The summed E-state index contributed by atoms with van der Waals surface area (Å²) < 4.78 is 17.5. The average molecular weight is 511 g/mol. The number of amides is 1. The third kappa shape index (κ3) is 6.64. The molecule has 0 aliphatic carbocycles. The number of carbonyl (C=O) groups excluding carboxylic acids is 2. The topological polar surface area (TPSA) is 94.1 Å². The molecule has 0 spiro atoms. The number of rotatable bonds is 10. The van der Waals surface area contributed by atoms with E-state index in [1.807, 2.05) is 30.9 Å². The lowest BCUT2D eigenvalue weighted by molar-refractivity contribution is -0.160. The number of aryl methyl sites for hydroxylation is 1. The first kappa shape index (κ1) is 27.0. The van der Waals surface area contributed by atoms with Crippen LogP contribution in [0.2, 0.25) is 0 Å². The summed E-state index contributed by atoms with van der Waals surface area (Å²) in [4.78, 5) is 38.6. The number of anilines is 1. The quantitative estimate of drug-likeness (QED) is 0.450. The van der Waals surface area contributed by atoms with Crippen LogP contribution in [0.4, 0.5) is 5.95 Å². The number of ether oxygens (including phenoxy) is 3. The second kappa shape index (κ2) is 12.0. The van der Waals surface area contributed by atoms with E-state index in [2.05, 4.69) is 27.0 Å². The van der Waals surface area contributed by atoms with Gasteiger partial charge in [0.25, 0.3) is 0 Å². The highest BCUT2D eigenvalue weighted by Gasteiger charge is 2.48. The molecule has 9 nitrogen and oxygen atoms in total. The number of hydrogen-bond donors (Lipinski definition) is 0. The molecule has 2 aliphatic rings. The second-order valence-electron chi connectivity index (χ2n) is 10.2. The Bertz CT molecular complexity index is 1030. The Morgan fingerprint density at radius 1 is 1.19 bits per heavy atom. The molecule has 1 aromatic heterocycles. The summed E-state index contributed by atoms with van der Waals surface area (Å²) >= 11 is 0. The minimum atomic E-state index is -0.918. The van der Waals surface area contributed by atoms with Crippen molar-refractivity contribution in [1.29, 1.82) is 0 Å². The largest absolute Gasteiger partial charge is 0.494 e. The van der Waals surface area contributed by atoms with Gasteiger partial charge in [-0.1, -0.05) is 12.1 Å². The van der Waals surface area contributed by atoms with Crippen molar-refractivity contribution in [1.82, 2.24) is 14.9 Å². The third-order valence-electron chi connectivity index (χ3n) is 6.97. The first-order valence-electron chi connectivity index (χ1n) is 13.2. The van der Waals surface area contributed by atoms with Crippen molar-refractivity contribution >= 4 is 18.1 Å². The van der Waals surface area contributed by atoms with Gasteiger partial charge in [0, 0.05) is 38.1 Å². The predicted molar refractivity (Wildman–Crippen MR) is 139 cm³/mol. The van der Waals surface area contributed by atoms with Gasteiger partial charge < -0.3 is 28.8 Å². The molecule has 200 valence electrons. The summed E-state index contributed by atoms with van der Waals surface area (Å²) in [5, 5.41) is 0. The number of carbonyl (C=O) groups is 2. The fourth-order valence-electron chi connectivity index (χ4n) is 5.24. The molecule has 0 radical (unpaired) electrons. The molecule has 4 rings (SSSR count). The number of benzene rings is 1. The van der Waals surface area contributed by atoms with Crippen LogP contribution < -0.4 is 9.64 Å². The third-order valence-corrected chi connectivity index (χ3v) is 6.97. The molecule has 2 saturated heterocycles. The van der Waals surface area contributed by atoms with Gasteiger partial charge >= 0.3 is 0 Å². The molecule has 4 atom stereocenters. The van der Waals surface area contributed by atoms with E-state index in [-0.39, 0.29) is 11.9 Å². The summed E-state index contributed by atoms with van der Waals surface area (Å²) in [6.45, 7) is 10.0. The van der Waals surface area contributed by atoms with E-state index in [1.54, 1.807) is 32.3 Å². The molecule has 1 unspecified atom stereocenters. The molecule has 0 saturated carbocycles. The maximum absolute atomic E-state index is 14.0. The molecular formula is C28H38N4O5. The summed E-state index contributed by atoms with van der Waals surface area (Å²) in [5.41, 5.74) is 1.18. The minimum absolute atomic E-state index is 0.00553. The molecule has 1 aromatic carbocycles. The second-order valence-corrected chi connectivity index (χ2v) is 10.2. The van der Waals surface area contributed by atoms with Crippen molar-refractivity contribution in [3.63, 3.8) is 0 Å². The van der Waals surface area contributed by atoms with Gasteiger partial charge in [0.2, 0.25) is 11.9 Å². The molecule has 2 aromatic rings. The lowest BCUT2D eigenvalue weighted by atomic mass is 9.89. The van der Waals surface area contributed by atoms with Crippen LogP contribution in [0.3, 0.4) is 0 Å². The highest BCUT2D eigenvalue weighted by Crippen LogP contribution is 2.35. The standard InChI is InChI=1S/C28H38N4O5/c1-5-35-22-12-10-21(11-13-22)8-6-9-23(25-24(19-33)36-28(3,4)37-25)26(34)32-17-16-31(18-20(32)2)27-29-14-7-15-30-27/h7,10-15,19-20,23-25H,5-6,8-9,16-18H2,1-4H3/t20-,23+,24?,25+/m1/s1. The first-order chi connectivity index (χ1) is 17.8. The number of nitrogens with zero attached hydrogens (tertiary/aromatic N) is 4. The lowest BCUT2D eigenvalue weighted by Gasteiger charge is -2.42. The first-order valence-corrected chi connectivity index (χ1v) is 13.2. The highest BCUT2D eigenvalue weighted by molar-refractivity contribution is 5.81. The van der Waals surface area contributed by atoms with E-state index >= 15 is 0 Å². The molecule has 2 fully saturated rings. The SMILES string of the molecule is CCOc1ccc(CCC[C@H](C(=O)N2CCN(c3ncccn3)C[C@H]2C)[C@@H]2OC(C)(C)OC2C=O)cc1. The molecular weight excluding hydrogens is 472 g/mol. The summed E-state index contributed by atoms with van der Waals surface area (Å²) in [7, 11) is 0. The van der Waals surface area contributed by atoms with Gasteiger partial charge in [-0.05, 0) is 70.7 Å². The van der Waals surface area contributed by atoms with E-state index in [9.17, 15) is 9.59 Å². The van der Waals surface area contributed by atoms with Crippen LogP contribution in [0.1, 0.15) is 46.1 Å².